The minimum Gasteiger partial charge on any atom is -0.342 e. The van der Waals surface area contributed by atoms with Crippen molar-refractivity contribution in [3.05, 3.63) is 70.4 Å². The molecule has 0 unspecified atom stereocenters. The van der Waals surface area contributed by atoms with Gasteiger partial charge in [-0.2, -0.15) is 0 Å². The van der Waals surface area contributed by atoms with Crippen LogP contribution in [0.3, 0.4) is 0 Å². The zero-order valence-corrected chi connectivity index (χ0v) is 11.6. The topological polar surface area (TPSA) is 22.0 Å². The van der Waals surface area contributed by atoms with Crippen LogP contribution in [-0.4, -0.2) is 10.9 Å². The van der Waals surface area contributed by atoms with E-state index in [1.165, 1.54) is 0 Å². The van der Waals surface area contributed by atoms with Crippen LogP contribution in [0.15, 0.2) is 42.6 Å². The second-order valence-electron chi connectivity index (χ2n) is 4.73. The number of fused-ring (bicyclic) bond motifs is 1. The number of hydrogen-bond donors (Lipinski definition) is 0. The summed E-state index contributed by atoms with van der Waals surface area (Å²) >= 11 is 5.97. The first-order valence-electron chi connectivity index (χ1n) is 6.26. The number of carbonyl (C=O) groups excluding carboxylic acids is 1. The Bertz CT molecular complexity index is 842. The zero-order valence-electron chi connectivity index (χ0n) is 10.8. The van der Waals surface area contributed by atoms with Crippen molar-refractivity contribution >= 4 is 28.8 Å². The minimum atomic E-state index is -0.503. The smallest absolute Gasteiger partial charge is 0.152 e. The van der Waals surface area contributed by atoms with Crippen molar-refractivity contribution in [3.8, 4) is 0 Å². The van der Waals surface area contributed by atoms with Crippen LogP contribution in [0.2, 0.25) is 5.02 Å². The van der Waals surface area contributed by atoms with Gasteiger partial charge >= 0.3 is 0 Å². The Morgan fingerprint density at radius 3 is 2.71 bits per heavy atom. The fourth-order valence-corrected chi connectivity index (χ4v) is 2.53. The van der Waals surface area contributed by atoms with Gasteiger partial charge in [0.25, 0.3) is 0 Å². The molecule has 0 fully saturated rings. The lowest BCUT2D eigenvalue weighted by Crippen LogP contribution is -2.01. The second kappa shape index (κ2) is 5.30. The van der Waals surface area contributed by atoms with E-state index in [0.29, 0.717) is 16.1 Å². The molecule has 0 spiro atoms. The third kappa shape index (κ3) is 2.54. The maximum absolute atomic E-state index is 13.7. The molecule has 0 aliphatic carbocycles. The lowest BCUT2D eigenvalue weighted by molar-refractivity contribution is 0.112. The minimum absolute atomic E-state index is 0.119. The Hall–Kier alpha value is -2.20. The van der Waals surface area contributed by atoms with Crippen molar-refractivity contribution in [3.63, 3.8) is 0 Å². The van der Waals surface area contributed by atoms with Crippen molar-refractivity contribution in [2.75, 3.05) is 0 Å². The van der Waals surface area contributed by atoms with Crippen LogP contribution in [0.1, 0.15) is 15.9 Å². The Morgan fingerprint density at radius 1 is 1.14 bits per heavy atom. The molecule has 2 aromatic carbocycles. The fourth-order valence-electron chi connectivity index (χ4n) is 2.37. The van der Waals surface area contributed by atoms with Gasteiger partial charge in [-0.15, -0.1) is 0 Å². The molecule has 106 valence electrons. The number of hydrogen-bond acceptors (Lipinski definition) is 1. The molecule has 0 amide bonds. The average molecular weight is 306 g/mol. The van der Waals surface area contributed by atoms with Crippen LogP contribution >= 0.6 is 11.6 Å². The molecule has 1 aromatic heterocycles. The van der Waals surface area contributed by atoms with Gasteiger partial charge in [0.05, 0.1) is 12.1 Å². The number of benzene rings is 2. The van der Waals surface area contributed by atoms with E-state index in [0.717, 1.165) is 29.9 Å². The highest BCUT2D eigenvalue weighted by Gasteiger charge is 2.11. The molecule has 3 aromatic rings. The van der Waals surface area contributed by atoms with E-state index < -0.39 is 11.6 Å². The van der Waals surface area contributed by atoms with Gasteiger partial charge in [-0.25, -0.2) is 8.78 Å². The monoisotopic (exact) mass is 305 g/mol. The Kier molecular flexibility index (Phi) is 3.47. The van der Waals surface area contributed by atoms with Gasteiger partial charge in [0, 0.05) is 27.7 Å². The molecular weight excluding hydrogens is 296 g/mol. The van der Waals surface area contributed by atoms with Crippen LogP contribution in [0.25, 0.3) is 10.9 Å². The lowest BCUT2D eigenvalue weighted by atomic mass is 10.2. The van der Waals surface area contributed by atoms with Gasteiger partial charge in [0.2, 0.25) is 0 Å². The van der Waals surface area contributed by atoms with Gasteiger partial charge in [-0.3, -0.25) is 4.79 Å². The van der Waals surface area contributed by atoms with Gasteiger partial charge < -0.3 is 4.57 Å². The van der Waals surface area contributed by atoms with Crippen LogP contribution in [0, 0.1) is 11.6 Å². The molecule has 0 radical (unpaired) electrons. The van der Waals surface area contributed by atoms with Crippen LogP contribution in [0.4, 0.5) is 8.78 Å². The molecule has 21 heavy (non-hydrogen) atoms. The number of rotatable bonds is 3. The Balaban J connectivity index is 2.14. The highest BCUT2D eigenvalue weighted by molar-refractivity contribution is 6.31. The summed E-state index contributed by atoms with van der Waals surface area (Å²) in [7, 11) is 0. The summed E-state index contributed by atoms with van der Waals surface area (Å²) in [5.41, 5.74) is 1.40. The van der Waals surface area contributed by atoms with E-state index in [4.69, 9.17) is 11.6 Å². The van der Waals surface area contributed by atoms with Crippen molar-refractivity contribution in [2.24, 2.45) is 0 Å². The first kappa shape index (κ1) is 13.8. The first-order chi connectivity index (χ1) is 10.1. The fraction of sp³-hybridized carbons (Fsp3) is 0.0625. The average Bonchev–Trinajstić information content (AvgIpc) is 2.80. The van der Waals surface area contributed by atoms with E-state index in [-0.39, 0.29) is 12.1 Å². The van der Waals surface area contributed by atoms with Crippen LogP contribution in [0.5, 0.6) is 0 Å². The molecule has 0 N–H and O–H groups in total. The van der Waals surface area contributed by atoms with Crippen molar-refractivity contribution in [2.45, 2.75) is 6.54 Å². The van der Waals surface area contributed by atoms with Gasteiger partial charge in [-0.05, 0) is 30.3 Å². The standard InChI is InChI=1S/C16H10ClF2NO/c17-12-1-3-14-11(9-21)8-20(16(14)6-12)7-10-5-13(18)2-4-15(10)19/h1-6,8-9H,7H2. The van der Waals surface area contributed by atoms with Crippen molar-refractivity contribution < 1.29 is 13.6 Å². The summed E-state index contributed by atoms with van der Waals surface area (Å²) in [5, 5.41) is 1.24. The summed E-state index contributed by atoms with van der Waals surface area (Å²) < 4.78 is 28.7. The van der Waals surface area contributed by atoms with E-state index in [9.17, 15) is 13.6 Å². The van der Waals surface area contributed by atoms with E-state index in [1.54, 1.807) is 29.0 Å². The van der Waals surface area contributed by atoms with Crippen LogP contribution in [-0.2, 0) is 6.54 Å². The third-order valence-electron chi connectivity index (χ3n) is 3.35. The number of halogens is 3. The largest absolute Gasteiger partial charge is 0.342 e. The summed E-state index contributed by atoms with van der Waals surface area (Å²) in [6, 6.07) is 8.42. The molecule has 0 aliphatic heterocycles. The predicted octanol–water partition coefficient (Wildman–Crippen LogP) is 4.43. The quantitative estimate of drug-likeness (QED) is 0.656. The predicted molar refractivity (Wildman–Crippen MR) is 77.8 cm³/mol. The molecule has 0 atom stereocenters. The summed E-state index contributed by atoms with van der Waals surface area (Å²) in [6.07, 6.45) is 2.34. The highest BCUT2D eigenvalue weighted by Crippen LogP contribution is 2.25. The summed E-state index contributed by atoms with van der Waals surface area (Å²) in [6.45, 7) is 0.119. The molecule has 5 heteroatoms. The van der Waals surface area contributed by atoms with E-state index in [2.05, 4.69) is 0 Å². The maximum Gasteiger partial charge on any atom is 0.152 e. The first-order valence-corrected chi connectivity index (χ1v) is 6.64. The molecule has 3 rings (SSSR count). The zero-order chi connectivity index (χ0) is 15.0. The summed E-state index contributed by atoms with van der Waals surface area (Å²) in [5.74, 6) is -0.996. The van der Waals surface area contributed by atoms with Gasteiger partial charge in [0.15, 0.2) is 6.29 Å². The number of nitrogens with zero attached hydrogens (tertiary/aromatic N) is 1. The molecule has 2 nitrogen and oxygen atoms in total. The third-order valence-corrected chi connectivity index (χ3v) is 3.59. The molecule has 0 saturated heterocycles. The normalized spacial score (nSPS) is 11.0. The van der Waals surface area contributed by atoms with Crippen molar-refractivity contribution in [1.82, 2.24) is 4.57 Å². The lowest BCUT2D eigenvalue weighted by Gasteiger charge is -2.07. The number of carbonyl (C=O) groups is 1. The SMILES string of the molecule is O=Cc1cn(Cc2cc(F)ccc2F)c2cc(Cl)ccc12. The van der Waals surface area contributed by atoms with Gasteiger partial charge in [0.1, 0.15) is 11.6 Å². The molecule has 0 bridgehead atoms. The molecule has 0 aliphatic rings. The molecular formula is C16H10ClF2NO. The van der Waals surface area contributed by atoms with E-state index >= 15 is 0 Å². The Labute approximate surface area is 124 Å². The molecule has 0 saturated carbocycles. The van der Waals surface area contributed by atoms with Gasteiger partial charge in [-0.1, -0.05) is 17.7 Å². The van der Waals surface area contributed by atoms with E-state index in [1.807, 2.05) is 0 Å². The highest BCUT2D eigenvalue weighted by atomic mass is 35.5. The Morgan fingerprint density at radius 2 is 1.95 bits per heavy atom. The number of aromatic nitrogens is 1. The number of aldehydes is 1. The van der Waals surface area contributed by atoms with Crippen molar-refractivity contribution in [1.29, 1.82) is 0 Å². The summed E-state index contributed by atoms with van der Waals surface area (Å²) in [4.78, 5) is 11.1. The van der Waals surface area contributed by atoms with Crippen LogP contribution < -0.4 is 0 Å². The second-order valence-corrected chi connectivity index (χ2v) is 5.16. The molecule has 1 heterocycles. The maximum atomic E-state index is 13.7.